The van der Waals surface area contributed by atoms with Gasteiger partial charge in [-0.1, -0.05) is 0 Å². The second kappa shape index (κ2) is 3.77. The van der Waals surface area contributed by atoms with E-state index < -0.39 is 0 Å². The number of nitrogens with one attached hydrogen (secondary N) is 1. The Hall–Kier alpha value is -1.03. The lowest BCUT2D eigenvalue weighted by atomic mass is 10.1. The van der Waals surface area contributed by atoms with Crippen LogP contribution in [0.1, 0.15) is 18.5 Å². The van der Waals surface area contributed by atoms with Crippen LogP contribution in [-0.2, 0) is 7.05 Å². The van der Waals surface area contributed by atoms with Gasteiger partial charge in [-0.2, -0.15) is 5.10 Å². The monoisotopic (exact) mass is 220 g/mol. The highest BCUT2D eigenvalue weighted by atomic mass is 15.3. The molecule has 0 aromatic carbocycles. The van der Waals surface area contributed by atoms with Crippen molar-refractivity contribution in [2.45, 2.75) is 25.8 Å². The first-order valence-electron chi connectivity index (χ1n) is 6.22. The van der Waals surface area contributed by atoms with E-state index in [-0.39, 0.29) is 0 Å². The molecule has 0 bridgehead atoms. The van der Waals surface area contributed by atoms with Gasteiger partial charge in [-0.3, -0.25) is 4.68 Å². The summed E-state index contributed by atoms with van der Waals surface area (Å²) in [6.45, 7) is 5.46. The summed E-state index contributed by atoms with van der Waals surface area (Å²) in [5, 5.41) is 8.06. The molecule has 2 aliphatic rings. The minimum Gasteiger partial charge on any atom is -0.366 e. The van der Waals surface area contributed by atoms with Crippen LogP contribution in [0.25, 0.3) is 0 Å². The molecule has 4 nitrogen and oxygen atoms in total. The summed E-state index contributed by atoms with van der Waals surface area (Å²) in [6.07, 6.45) is 4.97. The van der Waals surface area contributed by atoms with E-state index in [1.165, 1.54) is 18.5 Å². The molecule has 1 saturated heterocycles. The van der Waals surface area contributed by atoms with E-state index in [2.05, 4.69) is 28.4 Å². The van der Waals surface area contributed by atoms with Crippen LogP contribution in [0, 0.1) is 12.8 Å². The molecular weight excluding hydrogens is 200 g/mol. The van der Waals surface area contributed by atoms with E-state index in [0.29, 0.717) is 6.04 Å². The summed E-state index contributed by atoms with van der Waals surface area (Å²) in [5.74, 6) is 0.930. The molecule has 1 aliphatic carbocycles. The number of rotatable bonds is 2. The van der Waals surface area contributed by atoms with E-state index in [0.717, 1.165) is 31.2 Å². The fraction of sp³-hybridized carbons (Fsp3) is 0.750. The average Bonchev–Trinajstić information content (AvgIpc) is 3.05. The van der Waals surface area contributed by atoms with Gasteiger partial charge in [0.25, 0.3) is 0 Å². The summed E-state index contributed by atoms with van der Waals surface area (Å²) < 4.78 is 1.92. The van der Waals surface area contributed by atoms with Gasteiger partial charge in [-0.05, 0) is 25.7 Å². The van der Waals surface area contributed by atoms with E-state index in [1.807, 2.05) is 11.7 Å². The Bertz CT molecular complexity index is 380. The van der Waals surface area contributed by atoms with Crippen molar-refractivity contribution in [1.82, 2.24) is 15.1 Å². The van der Waals surface area contributed by atoms with Crippen LogP contribution in [0.5, 0.6) is 0 Å². The largest absolute Gasteiger partial charge is 0.366 e. The van der Waals surface area contributed by atoms with Gasteiger partial charge in [0.2, 0.25) is 0 Å². The molecule has 2 fully saturated rings. The van der Waals surface area contributed by atoms with Gasteiger partial charge in [-0.25, -0.2) is 0 Å². The fourth-order valence-electron chi connectivity index (χ4n) is 2.71. The van der Waals surface area contributed by atoms with Crippen LogP contribution >= 0.6 is 0 Å². The normalized spacial score (nSPS) is 26.1. The van der Waals surface area contributed by atoms with Crippen molar-refractivity contribution >= 4 is 5.69 Å². The molecular formula is C12H20N4. The fourth-order valence-corrected chi connectivity index (χ4v) is 2.71. The topological polar surface area (TPSA) is 33.1 Å². The summed E-state index contributed by atoms with van der Waals surface area (Å²) in [5.41, 5.74) is 2.47. The summed E-state index contributed by atoms with van der Waals surface area (Å²) >= 11 is 0. The third kappa shape index (κ3) is 1.82. The van der Waals surface area contributed by atoms with Gasteiger partial charge in [0.05, 0.1) is 11.4 Å². The third-order valence-electron chi connectivity index (χ3n) is 3.72. The molecule has 1 aromatic heterocycles. The summed E-state index contributed by atoms with van der Waals surface area (Å²) in [4.78, 5) is 2.49. The lowest BCUT2D eigenvalue weighted by molar-refractivity contribution is 0.418. The van der Waals surface area contributed by atoms with Crippen LogP contribution in [0.4, 0.5) is 5.69 Å². The number of hydrogen-bond donors (Lipinski definition) is 1. The first-order valence-corrected chi connectivity index (χ1v) is 6.22. The Morgan fingerprint density at radius 3 is 2.88 bits per heavy atom. The number of aryl methyl sites for hydroxylation is 2. The standard InChI is InChI=1S/C12H20N4/c1-9-12(8-15(2)14-9)16-6-5-13-11(7-16)10-3-4-10/h8,10-11,13H,3-7H2,1-2H3. The molecule has 88 valence electrons. The quantitative estimate of drug-likeness (QED) is 0.804. The molecule has 3 rings (SSSR count). The van der Waals surface area contributed by atoms with Crippen molar-refractivity contribution in [3.8, 4) is 0 Å². The van der Waals surface area contributed by atoms with Gasteiger partial charge >= 0.3 is 0 Å². The Morgan fingerprint density at radius 2 is 2.25 bits per heavy atom. The minimum atomic E-state index is 0.702. The molecule has 0 radical (unpaired) electrons. The van der Waals surface area contributed by atoms with Crippen molar-refractivity contribution < 1.29 is 0 Å². The molecule has 1 saturated carbocycles. The van der Waals surface area contributed by atoms with Gasteiger partial charge in [-0.15, -0.1) is 0 Å². The number of piperazine rings is 1. The van der Waals surface area contributed by atoms with Crippen LogP contribution in [0.15, 0.2) is 6.20 Å². The summed E-state index contributed by atoms with van der Waals surface area (Å²) in [7, 11) is 2.00. The maximum Gasteiger partial charge on any atom is 0.0827 e. The molecule has 1 aliphatic heterocycles. The smallest absolute Gasteiger partial charge is 0.0827 e. The lowest BCUT2D eigenvalue weighted by Crippen LogP contribution is -2.51. The van der Waals surface area contributed by atoms with Gasteiger partial charge in [0.1, 0.15) is 0 Å². The van der Waals surface area contributed by atoms with Crippen molar-refractivity contribution in [2.24, 2.45) is 13.0 Å². The van der Waals surface area contributed by atoms with Crippen LogP contribution in [-0.4, -0.2) is 35.5 Å². The Labute approximate surface area is 96.6 Å². The van der Waals surface area contributed by atoms with Crippen molar-refractivity contribution in [3.05, 3.63) is 11.9 Å². The van der Waals surface area contributed by atoms with Crippen LogP contribution < -0.4 is 10.2 Å². The molecule has 16 heavy (non-hydrogen) atoms. The van der Waals surface area contributed by atoms with Gasteiger partial charge in [0, 0.05) is 38.9 Å². The zero-order chi connectivity index (χ0) is 11.1. The molecule has 0 amide bonds. The number of aromatic nitrogens is 2. The number of hydrogen-bond acceptors (Lipinski definition) is 3. The van der Waals surface area contributed by atoms with Crippen LogP contribution in [0.2, 0.25) is 0 Å². The van der Waals surface area contributed by atoms with E-state index in [4.69, 9.17) is 0 Å². The maximum atomic E-state index is 4.43. The molecule has 1 N–H and O–H groups in total. The number of nitrogens with zero attached hydrogens (tertiary/aromatic N) is 3. The second-order valence-corrected chi connectivity index (χ2v) is 5.12. The SMILES string of the molecule is Cc1nn(C)cc1N1CCNC(C2CC2)C1. The zero-order valence-corrected chi connectivity index (χ0v) is 10.1. The average molecular weight is 220 g/mol. The molecule has 1 atom stereocenters. The highest BCUT2D eigenvalue weighted by molar-refractivity contribution is 5.49. The van der Waals surface area contributed by atoms with Crippen molar-refractivity contribution in [3.63, 3.8) is 0 Å². The first-order chi connectivity index (χ1) is 7.74. The summed E-state index contributed by atoms with van der Waals surface area (Å²) in [6, 6.07) is 0.702. The Kier molecular flexibility index (Phi) is 2.39. The highest BCUT2D eigenvalue weighted by Crippen LogP contribution is 2.34. The lowest BCUT2D eigenvalue weighted by Gasteiger charge is -2.35. The first kappa shape index (κ1) is 10.1. The second-order valence-electron chi connectivity index (χ2n) is 5.12. The van der Waals surface area contributed by atoms with E-state index >= 15 is 0 Å². The predicted octanol–water partition coefficient (Wildman–Crippen LogP) is 0.917. The molecule has 0 spiro atoms. The molecule has 1 aromatic rings. The maximum absolute atomic E-state index is 4.43. The number of anilines is 1. The van der Waals surface area contributed by atoms with E-state index in [9.17, 15) is 0 Å². The molecule has 2 heterocycles. The minimum absolute atomic E-state index is 0.702. The van der Waals surface area contributed by atoms with Crippen LogP contribution in [0.3, 0.4) is 0 Å². The van der Waals surface area contributed by atoms with E-state index in [1.54, 1.807) is 0 Å². The van der Waals surface area contributed by atoms with Gasteiger partial charge < -0.3 is 10.2 Å². The predicted molar refractivity (Wildman–Crippen MR) is 64.7 cm³/mol. The Morgan fingerprint density at radius 1 is 1.44 bits per heavy atom. The third-order valence-corrected chi connectivity index (χ3v) is 3.72. The van der Waals surface area contributed by atoms with Crippen molar-refractivity contribution in [2.75, 3.05) is 24.5 Å². The molecule has 1 unspecified atom stereocenters. The van der Waals surface area contributed by atoms with Crippen molar-refractivity contribution in [1.29, 1.82) is 0 Å². The van der Waals surface area contributed by atoms with Gasteiger partial charge in [0.15, 0.2) is 0 Å². The molecule has 4 heteroatoms. The Balaban J connectivity index is 1.76. The zero-order valence-electron chi connectivity index (χ0n) is 10.1. The highest BCUT2D eigenvalue weighted by Gasteiger charge is 2.34.